The number of nitrogens with one attached hydrogen (secondary N) is 1. The van der Waals surface area contributed by atoms with E-state index >= 15 is 0 Å². The van der Waals surface area contributed by atoms with Crippen molar-refractivity contribution in [3.05, 3.63) is 41.6 Å². The molecule has 146 valence electrons. The summed E-state index contributed by atoms with van der Waals surface area (Å²) in [7, 11) is -2.55. The molecule has 0 bridgehead atoms. The van der Waals surface area contributed by atoms with Crippen LogP contribution in [-0.4, -0.2) is 55.9 Å². The Morgan fingerprint density at radius 2 is 1.96 bits per heavy atom. The number of sulfonamides is 1. The van der Waals surface area contributed by atoms with Gasteiger partial charge < -0.3 is 10.4 Å². The zero-order chi connectivity index (χ0) is 20.0. The van der Waals surface area contributed by atoms with Crippen molar-refractivity contribution in [1.29, 1.82) is 0 Å². The van der Waals surface area contributed by atoms with E-state index in [0.29, 0.717) is 11.6 Å². The minimum Gasteiger partial charge on any atom is -0.396 e. The first-order valence-corrected chi connectivity index (χ1v) is 10.8. The van der Waals surface area contributed by atoms with Crippen LogP contribution in [0.25, 0.3) is 0 Å². The number of thioether (sulfide) groups is 1. The van der Waals surface area contributed by atoms with E-state index in [1.165, 1.54) is 37.1 Å². The van der Waals surface area contributed by atoms with Gasteiger partial charge in [0, 0.05) is 26.4 Å². The fourth-order valence-corrected chi connectivity index (χ4v) is 3.71. The van der Waals surface area contributed by atoms with Gasteiger partial charge in [0.2, 0.25) is 0 Å². The predicted octanol–water partition coefficient (Wildman–Crippen LogP) is 1.44. The molecule has 0 aliphatic carbocycles. The highest BCUT2D eigenvalue weighted by atomic mass is 32.2. The first-order valence-electron chi connectivity index (χ1n) is 8.17. The molecule has 1 heterocycles. The molecule has 1 aromatic carbocycles. The summed E-state index contributed by atoms with van der Waals surface area (Å²) in [5.74, 6) is -0.506. The van der Waals surface area contributed by atoms with Crippen molar-refractivity contribution < 1.29 is 18.3 Å². The summed E-state index contributed by atoms with van der Waals surface area (Å²) in [6.07, 6.45) is 3.46. The average molecular weight is 411 g/mol. The molecule has 2 N–H and O–H groups in total. The quantitative estimate of drug-likeness (QED) is 0.385. The number of aryl methyl sites for hydroxylation is 1. The smallest absolute Gasteiger partial charge is 0.265 e. The van der Waals surface area contributed by atoms with Gasteiger partial charge in [-0.25, -0.2) is 18.4 Å². The maximum atomic E-state index is 13.0. The van der Waals surface area contributed by atoms with Crippen LogP contribution in [0.1, 0.15) is 22.3 Å². The fourth-order valence-electron chi connectivity index (χ4n) is 2.21. The Hall–Kier alpha value is -2.17. The lowest BCUT2D eigenvalue weighted by Gasteiger charge is -2.21. The van der Waals surface area contributed by atoms with Crippen LogP contribution in [0.2, 0.25) is 0 Å². The van der Waals surface area contributed by atoms with Crippen LogP contribution in [0.5, 0.6) is 0 Å². The normalized spacial score (nSPS) is 11.3. The third-order valence-corrected chi connectivity index (χ3v) is 6.10. The van der Waals surface area contributed by atoms with Crippen LogP contribution < -0.4 is 9.62 Å². The summed E-state index contributed by atoms with van der Waals surface area (Å²) in [6, 6.07) is 6.44. The number of nitrogens with zero attached hydrogens (tertiary/aromatic N) is 3. The number of aliphatic hydroxyl groups excluding tert-OH is 1. The Kier molecular flexibility index (Phi) is 7.17. The van der Waals surface area contributed by atoms with Gasteiger partial charge in [0.05, 0.1) is 4.90 Å². The lowest BCUT2D eigenvalue weighted by Crippen LogP contribution is -2.32. The van der Waals surface area contributed by atoms with Crippen LogP contribution in [-0.2, 0) is 10.0 Å². The zero-order valence-corrected chi connectivity index (χ0v) is 17.0. The second-order valence-electron chi connectivity index (χ2n) is 5.71. The molecule has 0 spiro atoms. The van der Waals surface area contributed by atoms with Gasteiger partial charge >= 0.3 is 0 Å². The second-order valence-corrected chi connectivity index (χ2v) is 8.46. The van der Waals surface area contributed by atoms with E-state index in [-0.39, 0.29) is 29.4 Å². The van der Waals surface area contributed by atoms with E-state index in [1.54, 1.807) is 18.4 Å². The van der Waals surface area contributed by atoms with Gasteiger partial charge in [0.1, 0.15) is 5.56 Å². The van der Waals surface area contributed by atoms with E-state index in [4.69, 9.17) is 5.11 Å². The highest BCUT2D eigenvalue weighted by Gasteiger charge is 2.27. The number of hydrogen-bond donors (Lipinski definition) is 2. The van der Waals surface area contributed by atoms with Crippen molar-refractivity contribution >= 4 is 33.5 Å². The SMILES string of the molecule is CSc1ncc(C(=O)NCCCO)c(N(C)S(=O)(=O)c2ccc(C)cc2)n1. The fraction of sp³-hybridized carbons (Fsp3) is 0.353. The number of benzene rings is 1. The molecule has 8 nitrogen and oxygen atoms in total. The molecule has 2 rings (SSSR count). The maximum Gasteiger partial charge on any atom is 0.265 e. The van der Waals surface area contributed by atoms with Crippen molar-refractivity contribution in [2.24, 2.45) is 0 Å². The third kappa shape index (κ3) is 4.96. The van der Waals surface area contributed by atoms with E-state index in [9.17, 15) is 13.2 Å². The van der Waals surface area contributed by atoms with E-state index in [1.807, 2.05) is 6.92 Å². The summed E-state index contributed by atoms with van der Waals surface area (Å²) in [4.78, 5) is 20.9. The lowest BCUT2D eigenvalue weighted by atomic mass is 10.2. The molecule has 10 heteroatoms. The van der Waals surface area contributed by atoms with Crippen LogP contribution in [0.3, 0.4) is 0 Å². The Morgan fingerprint density at radius 3 is 2.56 bits per heavy atom. The van der Waals surface area contributed by atoms with Gasteiger partial charge in [-0.2, -0.15) is 0 Å². The van der Waals surface area contributed by atoms with Gasteiger partial charge in [-0.3, -0.25) is 9.10 Å². The number of rotatable bonds is 8. The van der Waals surface area contributed by atoms with Crippen molar-refractivity contribution in [3.8, 4) is 0 Å². The van der Waals surface area contributed by atoms with Gasteiger partial charge in [0.25, 0.3) is 15.9 Å². The van der Waals surface area contributed by atoms with Crippen LogP contribution >= 0.6 is 11.8 Å². The summed E-state index contributed by atoms with van der Waals surface area (Å²) in [6.45, 7) is 2.06. The third-order valence-electron chi connectivity index (χ3n) is 3.77. The Balaban J connectivity index is 2.44. The number of anilines is 1. The molecule has 0 saturated heterocycles. The van der Waals surface area contributed by atoms with Gasteiger partial charge in [-0.1, -0.05) is 29.5 Å². The average Bonchev–Trinajstić information content (AvgIpc) is 2.67. The molecule has 1 aromatic heterocycles. The van der Waals surface area contributed by atoms with Gasteiger partial charge in [-0.05, 0) is 31.7 Å². The highest BCUT2D eigenvalue weighted by molar-refractivity contribution is 7.98. The number of carbonyl (C=O) groups is 1. The standard InChI is InChI=1S/C17H22N4O4S2/c1-12-5-7-13(8-6-12)27(24,25)21(2)15-14(11-19-17(20-15)26-3)16(23)18-9-4-10-22/h5-8,11,22H,4,9-10H2,1-3H3,(H,18,23). The van der Waals surface area contributed by atoms with Crippen molar-refractivity contribution in [2.75, 3.05) is 30.8 Å². The van der Waals surface area contributed by atoms with Crippen LogP contribution in [0, 0.1) is 6.92 Å². The molecule has 0 saturated carbocycles. The minimum absolute atomic E-state index is 0.00331. The first-order chi connectivity index (χ1) is 12.8. The summed E-state index contributed by atoms with van der Waals surface area (Å²) >= 11 is 1.24. The molecule has 0 aliphatic rings. The zero-order valence-electron chi connectivity index (χ0n) is 15.3. The van der Waals surface area contributed by atoms with E-state index in [2.05, 4.69) is 15.3 Å². The summed E-state index contributed by atoms with van der Waals surface area (Å²) < 4.78 is 26.9. The van der Waals surface area contributed by atoms with Gasteiger partial charge in [0.15, 0.2) is 11.0 Å². The molecule has 0 fully saturated rings. The number of aromatic nitrogens is 2. The molecular weight excluding hydrogens is 388 g/mol. The highest BCUT2D eigenvalue weighted by Crippen LogP contribution is 2.25. The molecular formula is C17H22N4O4S2. The first kappa shape index (κ1) is 21.1. The molecule has 2 aromatic rings. The van der Waals surface area contributed by atoms with Crippen molar-refractivity contribution in [2.45, 2.75) is 23.4 Å². The molecule has 1 amide bonds. The van der Waals surface area contributed by atoms with Crippen molar-refractivity contribution in [3.63, 3.8) is 0 Å². The number of amides is 1. The van der Waals surface area contributed by atoms with E-state index < -0.39 is 15.9 Å². The molecule has 27 heavy (non-hydrogen) atoms. The maximum absolute atomic E-state index is 13.0. The largest absolute Gasteiger partial charge is 0.396 e. The minimum atomic E-state index is -3.90. The Labute approximate surface area is 163 Å². The Bertz CT molecular complexity index is 902. The van der Waals surface area contributed by atoms with E-state index in [0.717, 1.165) is 9.87 Å². The summed E-state index contributed by atoms with van der Waals surface area (Å²) in [5.41, 5.74) is 0.983. The summed E-state index contributed by atoms with van der Waals surface area (Å²) in [5, 5.41) is 11.8. The topological polar surface area (TPSA) is 112 Å². The number of aliphatic hydroxyl groups is 1. The van der Waals surface area contributed by atoms with Gasteiger partial charge in [-0.15, -0.1) is 0 Å². The lowest BCUT2D eigenvalue weighted by molar-refractivity contribution is 0.0951. The number of hydrogen-bond acceptors (Lipinski definition) is 7. The van der Waals surface area contributed by atoms with Crippen LogP contribution in [0.4, 0.5) is 5.82 Å². The second kappa shape index (κ2) is 9.16. The van der Waals surface area contributed by atoms with Crippen molar-refractivity contribution in [1.82, 2.24) is 15.3 Å². The molecule has 0 atom stereocenters. The predicted molar refractivity (Wildman–Crippen MR) is 105 cm³/mol. The Morgan fingerprint density at radius 1 is 1.30 bits per heavy atom. The van der Waals surface area contributed by atoms with Crippen LogP contribution in [0.15, 0.2) is 40.5 Å². The molecule has 0 radical (unpaired) electrons. The molecule has 0 unspecified atom stereocenters. The monoisotopic (exact) mass is 410 g/mol. The molecule has 0 aliphatic heterocycles. The number of carbonyl (C=O) groups excluding carboxylic acids is 1.